The Morgan fingerprint density at radius 3 is 2.00 bits per heavy atom. The van der Waals surface area contributed by atoms with E-state index in [9.17, 15) is 9.90 Å². The highest BCUT2D eigenvalue weighted by atomic mass is 16.4. The quantitative estimate of drug-likeness (QED) is 0.852. The molecule has 0 fully saturated rings. The predicted molar refractivity (Wildman–Crippen MR) is 69.5 cm³/mol. The van der Waals surface area contributed by atoms with Gasteiger partial charge in [-0.15, -0.1) is 0 Å². The van der Waals surface area contributed by atoms with Crippen LogP contribution < -0.4 is 0 Å². The molecule has 0 bridgehead atoms. The Bertz CT molecular complexity index is 368. The summed E-state index contributed by atoms with van der Waals surface area (Å²) < 4.78 is 0. The highest BCUT2D eigenvalue weighted by Crippen LogP contribution is 2.21. The number of hydrogen-bond acceptors (Lipinski definition) is 2. The Hall–Kier alpha value is -1.35. The molecule has 1 aromatic rings. The molecule has 94 valence electrons. The Morgan fingerprint density at radius 1 is 1.18 bits per heavy atom. The van der Waals surface area contributed by atoms with Crippen molar-refractivity contribution in [2.75, 3.05) is 20.6 Å². The molecule has 0 amide bonds. The lowest BCUT2D eigenvalue weighted by Crippen LogP contribution is -2.26. The van der Waals surface area contributed by atoms with E-state index in [1.807, 2.05) is 43.3 Å². The Labute approximate surface area is 103 Å². The molecule has 3 nitrogen and oxygen atoms in total. The molecule has 0 aromatic heterocycles. The lowest BCUT2D eigenvalue weighted by Gasteiger charge is -2.18. The number of carboxylic acid groups (broad SMARTS) is 1. The van der Waals surface area contributed by atoms with Crippen LogP contribution in [-0.4, -0.2) is 36.6 Å². The van der Waals surface area contributed by atoms with Gasteiger partial charge in [-0.1, -0.05) is 38.1 Å². The third-order valence-electron chi connectivity index (χ3n) is 2.85. The summed E-state index contributed by atoms with van der Waals surface area (Å²) in [6, 6.07) is 7.90. The highest BCUT2D eigenvalue weighted by Gasteiger charge is 2.20. The minimum atomic E-state index is -0.768. The molecule has 0 spiro atoms. The van der Waals surface area contributed by atoms with Crippen molar-refractivity contribution in [3.63, 3.8) is 0 Å². The van der Waals surface area contributed by atoms with Crippen molar-refractivity contribution in [1.82, 2.24) is 4.90 Å². The monoisotopic (exact) mass is 235 g/mol. The van der Waals surface area contributed by atoms with Crippen LogP contribution in [0.15, 0.2) is 24.3 Å². The molecular formula is C14H21NO2. The van der Waals surface area contributed by atoms with Crippen LogP contribution in [0.2, 0.25) is 0 Å². The second-order valence-corrected chi connectivity index (χ2v) is 4.97. The topological polar surface area (TPSA) is 40.5 Å². The minimum absolute atomic E-state index is 0.453. The van der Waals surface area contributed by atoms with Crippen LogP contribution in [-0.2, 0) is 4.79 Å². The van der Waals surface area contributed by atoms with Crippen molar-refractivity contribution in [3.05, 3.63) is 35.4 Å². The number of hydrogen-bond donors (Lipinski definition) is 1. The summed E-state index contributed by atoms with van der Waals surface area (Å²) in [5, 5.41) is 9.23. The van der Waals surface area contributed by atoms with Gasteiger partial charge in [-0.2, -0.15) is 0 Å². The van der Waals surface area contributed by atoms with Crippen molar-refractivity contribution < 1.29 is 9.90 Å². The van der Waals surface area contributed by atoms with Crippen molar-refractivity contribution in [2.45, 2.75) is 25.7 Å². The van der Waals surface area contributed by atoms with Gasteiger partial charge in [-0.25, -0.2) is 0 Å². The Morgan fingerprint density at radius 2 is 1.65 bits per heavy atom. The van der Waals surface area contributed by atoms with Gasteiger partial charge in [0.2, 0.25) is 0 Å². The second-order valence-electron chi connectivity index (χ2n) is 4.97. The summed E-state index contributed by atoms with van der Waals surface area (Å²) >= 11 is 0. The normalized spacial score (nSPS) is 13.1. The standard InChI is InChI=1S/C14H21NO2/c1-10(2)11-5-7-12(8-6-11)13(14(16)17)9-15(3)4/h5-8,10,13H,9H2,1-4H3,(H,16,17). The summed E-state index contributed by atoms with van der Waals surface area (Å²) in [6.07, 6.45) is 0. The molecule has 1 atom stereocenters. The number of carbonyl (C=O) groups is 1. The van der Waals surface area contributed by atoms with Crippen molar-refractivity contribution >= 4 is 5.97 Å². The van der Waals surface area contributed by atoms with Crippen LogP contribution >= 0.6 is 0 Å². The van der Waals surface area contributed by atoms with Crippen molar-refractivity contribution in [2.24, 2.45) is 0 Å². The predicted octanol–water partition coefficient (Wildman–Crippen LogP) is 2.54. The molecular weight excluding hydrogens is 214 g/mol. The van der Waals surface area contributed by atoms with Gasteiger partial charge in [0.05, 0.1) is 5.92 Å². The first-order chi connectivity index (χ1) is 7.91. The summed E-state index contributed by atoms with van der Waals surface area (Å²) in [5.74, 6) is -0.747. The molecule has 0 aliphatic heterocycles. The third-order valence-corrected chi connectivity index (χ3v) is 2.85. The first-order valence-electron chi connectivity index (χ1n) is 5.89. The summed E-state index contributed by atoms with van der Waals surface area (Å²) in [4.78, 5) is 13.1. The molecule has 0 aliphatic carbocycles. The molecule has 0 heterocycles. The van der Waals surface area contributed by atoms with E-state index in [1.54, 1.807) is 0 Å². The fourth-order valence-electron chi connectivity index (χ4n) is 1.80. The molecule has 17 heavy (non-hydrogen) atoms. The molecule has 0 saturated carbocycles. The number of carboxylic acids is 1. The van der Waals surface area contributed by atoms with Gasteiger partial charge in [0.1, 0.15) is 0 Å². The zero-order chi connectivity index (χ0) is 13.0. The van der Waals surface area contributed by atoms with Crippen LogP contribution in [0.4, 0.5) is 0 Å². The van der Waals surface area contributed by atoms with Crippen LogP contribution in [0.1, 0.15) is 36.8 Å². The van der Waals surface area contributed by atoms with E-state index in [0.29, 0.717) is 12.5 Å². The maximum Gasteiger partial charge on any atom is 0.312 e. The van der Waals surface area contributed by atoms with Crippen LogP contribution in [0.25, 0.3) is 0 Å². The SMILES string of the molecule is CC(C)c1ccc(C(CN(C)C)C(=O)O)cc1. The largest absolute Gasteiger partial charge is 0.481 e. The van der Waals surface area contributed by atoms with E-state index in [0.717, 1.165) is 5.56 Å². The first kappa shape index (κ1) is 13.7. The molecule has 1 N–H and O–H groups in total. The zero-order valence-corrected chi connectivity index (χ0v) is 11.0. The molecule has 0 aliphatic rings. The van der Waals surface area contributed by atoms with Gasteiger partial charge >= 0.3 is 5.97 Å². The lowest BCUT2D eigenvalue weighted by atomic mass is 9.95. The summed E-state index contributed by atoms with van der Waals surface area (Å²) in [5.41, 5.74) is 2.11. The number of aliphatic carboxylic acids is 1. The average molecular weight is 235 g/mol. The number of benzene rings is 1. The van der Waals surface area contributed by atoms with Gasteiger partial charge in [-0.3, -0.25) is 4.79 Å². The second kappa shape index (κ2) is 5.82. The molecule has 3 heteroatoms. The molecule has 1 unspecified atom stereocenters. The van der Waals surface area contributed by atoms with E-state index >= 15 is 0 Å². The van der Waals surface area contributed by atoms with E-state index < -0.39 is 11.9 Å². The van der Waals surface area contributed by atoms with Gasteiger partial charge in [-0.05, 0) is 31.1 Å². The molecule has 0 radical (unpaired) electrons. The summed E-state index contributed by atoms with van der Waals surface area (Å²) in [7, 11) is 3.77. The fourth-order valence-corrected chi connectivity index (χ4v) is 1.80. The van der Waals surface area contributed by atoms with Crippen molar-refractivity contribution in [3.8, 4) is 0 Å². The highest BCUT2D eigenvalue weighted by molar-refractivity contribution is 5.76. The maximum atomic E-state index is 11.2. The smallest absolute Gasteiger partial charge is 0.312 e. The Balaban J connectivity index is 2.91. The van der Waals surface area contributed by atoms with Gasteiger partial charge in [0.25, 0.3) is 0 Å². The van der Waals surface area contributed by atoms with Gasteiger partial charge in [0, 0.05) is 6.54 Å². The zero-order valence-electron chi connectivity index (χ0n) is 11.0. The third kappa shape index (κ3) is 3.86. The van der Waals surface area contributed by atoms with Gasteiger partial charge in [0.15, 0.2) is 0 Å². The van der Waals surface area contributed by atoms with Crippen LogP contribution in [0, 0.1) is 0 Å². The Kier molecular flexibility index (Phi) is 4.70. The molecule has 0 saturated heterocycles. The van der Waals surface area contributed by atoms with Crippen molar-refractivity contribution in [1.29, 1.82) is 0 Å². The molecule has 1 aromatic carbocycles. The lowest BCUT2D eigenvalue weighted by molar-refractivity contribution is -0.139. The van der Waals surface area contributed by atoms with E-state index in [-0.39, 0.29) is 0 Å². The fraction of sp³-hybridized carbons (Fsp3) is 0.500. The van der Waals surface area contributed by atoms with Crippen LogP contribution in [0.5, 0.6) is 0 Å². The minimum Gasteiger partial charge on any atom is -0.481 e. The van der Waals surface area contributed by atoms with E-state index in [4.69, 9.17) is 0 Å². The number of nitrogens with zero attached hydrogens (tertiary/aromatic N) is 1. The average Bonchev–Trinajstić information content (AvgIpc) is 2.25. The van der Waals surface area contributed by atoms with E-state index in [2.05, 4.69) is 13.8 Å². The molecule has 1 rings (SSSR count). The van der Waals surface area contributed by atoms with Crippen LogP contribution in [0.3, 0.4) is 0 Å². The number of likely N-dealkylation sites (N-methyl/N-ethyl adjacent to an activating group) is 1. The number of rotatable bonds is 5. The van der Waals surface area contributed by atoms with E-state index in [1.165, 1.54) is 5.56 Å². The van der Waals surface area contributed by atoms with Gasteiger partial charge < -0.3 is 10.0 Å². The summed E-state index contributed by atoms with van der Waals surface area (Å²) in [6.45, 7) is 4.78. The first-order valence-corrected chi connectivity index (χ1v) is 5.89. The maximum absolute atomic E-state index is 11.2.